The minimum Gasteiger partial charge on any atom is -0.484 e. The van der Waals surface area contributed by atoms with Crippen molar-refractivity contribution in [3.8, 4) is 5.75 Å². The van der Waals surface area contributed by atoms with Crippen LogP contribution in [0.4, 0.5) is 0 Å². The molecule has 1 amide bonds. The summed E-state index contributed by atoms with van der Waals surface area (Å²) in [5.74, 6) is 0.807. The average Bonchev–Trinajstić information content (AvgIpc) is 2.38. The Labute approximate surface area is 120 Å². The van der Waals surface area contributed by atoms with Crippen molar-refractivity contribution in [1.29, 1.82) is 0 Å². The summed E-state index contributed by atoms with van der Waals surface area (Å²) in [6.07, 6.45) is 0. The molecule has 1 saturated heterocycles. The van der Waals surface area contributed by atoms with Gasteiger partial charge in [-0.25, -0.2) is 0 Å². The van der Waals surface area contributed by atoms with Gasteiger partial charge in [0.15, 0.2) is 6.61 Å². The number of nitrogens with one attached hydrogen (secondary N) is 1. The first-order valence-corrected chi connectivity index (χ1v) is 6.36. The van der Waals surface area contributed by atoms with Crippen LogP contribution in [0.3, 0.4) is 0 Å². The molecular formula is C14H21ClN2O2. The zero-order valence-corrected chi connectivity index (χ0v) is 12.2. The van der Waals surface area contributed by atoms with E-state index in [0.29, 0.717) is 6.04 Å². The highest BCUT2D eigenvalue weighted by atomic mass is 35.5. The van der Waals surface area contributed by atoms with Crippen LogP contribution in [-0.4, -0.2) is 43.1 Å². The lowest BCUT2D eigenvalue weighted by atomic mass is 10.2. The number of aryl methyl sites for hydroxylation is 1. The van der Waals surface area contributed by atoms with Crippen LogP contribution >= 0.6 is 12.4 Å². The lowest BCUT2D eigenvalue weighted by molar-refractivity contribution is -0.134. The molecule has 0 saturated carbocycles. The highest BCUT2D eigenvalue weighted by Gasteiger charge is 2.20. The van der Waals surface area contributed by atoms with E-state index in [9.17, 15) is 4.79 Å². The molecule has 1 aliphatic rings. The van der Waals surface area contributed by atoms with E-state index >= 15 is 0 Å². The summed E-state index contributed by atoms with van der Waals surface area (Å²) in [6.45, 7) is 6.61. The van der Waals surface area contributed by atoms with Gasteiger partial charge in [-0.2, -0.15) is 0 Å². The molecule has 0 aliphatic carbocycles. The number of carbonyl (C=O) groups is 1. The van der Waals surface area contributed by atoms with Gasteiger partial charge in [0.25, 0.3) is 5.91 Å². The topological polar surface area (TPSA) is 41.6 Å². The average molecular weight is 285 g/mol. The Balaban J connectivity index is 0.00000180. The second-order valence-corrected chi connectivity index (χ2v) is 4.80. The van der Waals surface area contributed by atoms with Crippen molar-refractivity contribution in [2.24, 2.45) is 0 Å². The Hall–Kier alpha value is -1.26. The molecule has 0 spiro atoms. The standard InChI is InChI=1S/C14H20N2O2.ClH/c1-11-3-5-13(6-4-11)18-10-14(17)16-8-7-15-12(2)9-16;/h3-6,12,15H,7-10H2,1-2H3;1H. The number of hydrogen-bond donors (Lipinski definition) is 1. The van der Waals surface area contributed by atoms with Crippen LogP contribution in [0.2, 0.25) is 0 Å². The molecule has 1 aromatic carbocycles. The summed E-state index contributed by atoms with van der Waals surface area (Å²) in [6, 6.07) is 8.10. The van der Waals surface area contributed by atoms with E-state index in [2.05, 4.69) is 12.2 Å². The predicted octanol–water partition coefficient (Wildman–Crippen LogP) is 1.62. The zero-order valence-electron chi connectivity index (χ0n) is 11.4. The number of ether oxygens (including phenoxy) is 1. The summed E-state index contributed by atoms with van der Waals surface area (Å²) in [7, 11) is 0. The minimum absolute atomic E-state index is 0. The lowest BCUT2D eigenvalue weighted by Crippen LogP contribution is -2.52. The van der Waals surface area contributed by atoms with E-state index in [0.717, 1.165) is 25.4 Å². The Morgan fingerprint density at radius 3 is 2.74 bits per heavy atom. The number of nitrogens with zero attached hydrogens (tertiary/aromatic N) is 1. The van der Waals surface area contributed by atoms with Gasteiger partial charge in [-0.3, -0.25) is 4.79 Å². The highest BCUT2D eigenvalue weighted by molar-refractivity contribution is 5.85. The van der Waals surface area contributed by atoms with Crippen molar-refractivity contribution in [1.82, 2.24) is 10.2 Å². The van der Waals surface area contributed by atoms with Gasteiger partial charge >= 0.3 is 0 Å². The minimum atomic E-state index is 0. The van der Waals surface area contributed by atoms with Crippen LogP contribution < -0.4 is 10.1 Å². The normalized spacial score (nSPS) is 18.6. The predicted molar refractivity (Wildman–Crippen MR) is 78.0 cm³/mol. The van der Waals surface area contributed by atoms with Crippen molar-refractivity contribution in [2.75, 3.05) is 26.2 Å². The molecule has 1 unspecified atom stereocenters. The van der Waals surface area contributed by atoms with E-state index < -0.39 is 0 Å². The number of piperazine rings is 1. The van der Waals surface area contributed by atoms with Crippen LogP contribution in [0.5, 0.6) is 5.75 Å². The van der Waals surface area contributed by atoms with Gasteiger partial charge in [0.1, 0.15) is 5.75 Å². The number of amides is 1. The van der Waals surface area contributed by atoms with Crippen LogP contribution in [0.25, 0.3) is 0 Å². The van der Waals surface area contributed by atoms with E-state index in [-0.39, 0.29) is 24.9 Å². The van der Waals surface area contributed by atoms with Crippen LogP contribution in [-0.2, 0) is 4.79 Å². The lowest BCUT2D eigenvalue weighted by Gasteiger charge is -2.31. The van der Waals surface area contributed by atoms with Crippen LogP contribution in [0.15, 0.2) is 24.3 Å². The van der Waals surface area contributed by atoms with Crippen molar-refractivity contribution >= 4 is 18.3 Å². The van der Waals surface area contributed by atoms with E-state index in [1.54, 1.807) is 0 Å². The summed E-state index contributed by atoms with van der Waals surface area (Å²) in [5, 5.41) is 3.31. The molecule has 5 heteroatoms. The molecule has 0 bridgehead atoms. The van der Waals surface area contributed by atoms with Gasteiger partial charge in [-0.1, -0.05) is 17.7 Å². The first kappa shape index (κ1) is 15.8. The van der Waals surface area contributed by atoms with Gasteiger partial charge in [0, 0.05) is 25.7 Å². The molecule has 1 N–H and O–H groups in total. The van der Waals surface area contributed by atoms with Crippen LogP contribution in [0, 0.1) is 6.92 Å². The van der Waals surface area contributed by atoms with Crippen molar-refractivity contribution in [3.63, 3.8) is 0 Å². The van der Waals surface area contributed by atoms with Gasteiger partial charge in [0.05, 0.1) is 0 Å². The van der Waals surface area contributed by atoms with Crippen molar-refractivity contribution in [2.45, 2.75) is 19.9 Å². The fourth-order valence-corrected chi connectivity index (χ4v) is 2.03. The summed E-state index contributed by atoms with van der Waals surface area (Å²) in [4.78, 5) is 13.8. The molecule has 0 radical (unpaired) electrons. The quantitative estimate of drug-likeness (QED) is 0.917. The maximum atomic E-state index is 12.0. The van der Waals surface area contributed by atoms with Crippen molar-refractivity contribution < 1.29 is 9.53 Å². The fourth-order valence-electron chi connectivity index (χ4n) is 2.03. The molecule has 0 aromatic heterocycles. The van der Waals surface area contributed by atoms with E-state index in [4.69, 9.17) is 4.74 Å². The Morgan fingerprint density at radius 1 is 1.42 bits per heavy atom. The van der Waals surface area contributed by atoms with E-state index in [1.165, 1.54) is 5.56 Å². The van der Waals surface area contributed by atoms with Gasteiger partial charge in [0.2, 0.25) is 0 Å². The third kappa shape index (κ3) is 4.73. The van der Waals surface area contributed by atoms with Gasteiger partial charge in [-0.15, -0.1) is 12.4 Å². The Kier molecular flexibility index (Phi) is 6.12. The number of carbonyl (C=O) groups excluding carboxylic acids is 1. The fraction of sp³-hybridized carbons (Fsp3) is 0.500. The number of hydrogen-bond acceptors (Lipinski definition) is 3. The summed E-state index contributed by atoms with van der Waals surface area (Å²) >= 11 is 0. The first-order valence-electron chi connectivity index (χ1n) is 6.36. The molecule has 1 aromatic rings. The number of halogens is 1. The molecule has 4 nitrogen and oxygen atoms in total. The molecule has 1 atom stereocenters. The smallest absolute Gasteiger partial charge is 0.260 e. The molecular weight excluding hydrogens is 264 g/mol. The SMILES string of the molecule is Cc1ccc(OCC(=O)N2CCNC(C)C2)cc1.Cl. The zero-order chi connectivity index (χ0) is 13.0. The monoisotopic (exact) mass is 284 g/mol. The summed E-state index contributed by atoms with van der Waals surface area (Å²) in [5.41, 5.74) is 1.18. The molecule has 1 fully saturated rings. The maximum absolute atomic E-state index is 12.0. The highest BCUT2D eigenvalue weighted by Crippen LogP contribution is 2.11. The van der Waals surface area contributed by atoms with Gasteiger partial charge in [-0.05, 0) is 26.0 Å². The van der Waals surface area contributed by atoms with E-state index in [1.807, 2.05) is 36.1 Å². The van der Waals surface area contributed by atoms with Crippen LogP contribution in [0.1, 0.15) is 12.5 Å². The maximum Gasteiger partial charge on any atom is 0.260 e. The second-order valence-electron chi connectivity index (χ2n) is 4.80. The van der Waals surface area contributed by atoms with Crippen molar-refractivity contribution in [3.05, 3.63) is 29.8 Å². The van der Waals surface area contributed by atoms with Gasteiger partial charge < -0.3 is 15.0 Å². The second kappa shape index (κ2) is 7.36. The third-order valence-electron chi connectivity index (χ3n) is 3.10. The molecule has 1 heterocycles. The first-order chi connectivity index (χ1) is 8.65. The Morgan fingerprint density at radius 2 is 2.11 bits per heavy atom. The Bertz CT molecular complexity index is 408. The largest absolute Gasteiger partial charge is 0.484 e. The molecule has 106 valence electrons. The number of rotatable bonds is 3. The molecule has 1 aliphatic heterocycles. The molecule has 2 rings (SSSR count). The number of benzene rings is 1. The molecule has 19 heavy (non-hydrogen) atoms. The summed E-state index contributed by atoms with van der Waals surface area (Å²) < 4.78 is 5.50. The third-order valence-corrected chi connectivity index (χ3v) is 3.10.